The zero-order valence-electron chi connectivity index (χ0n) is 14.4. The van der Waals surface area contributed by atoms with Gasteiger partial charge in [0.05, 0.1) is 24.9 Å². The molecule has 26 heavy (non-hydrogen) atoms. The molecule has 7 heteroatoms. The Labute approximate surface area is 161 Å². The summed E-state index contributed by atoms with van der Waals surface area (Å²) in [5, 5.41) is 12.7. The van der Waals surface area contributed by atoms with Crippen molar-refractivity contribution in [3.05, 3.63) is 57.1 Å². The van der Waals surface area contributed by atoms with Gasteiger partial charge in [-0.25, -0.2) is 0 Å². The SMILES string of the molecule is COc1cc(C)c(C=C(C#N)C(=O)Nc2ccc(Cl)cc2Cl)cc1OC. The second kappa shape index (κ2) is 8.61. The van der Waals surface area contributed by atoms with Gasteiger partial charge in [-0.05, 0) is 54.5 Å². The summed E-state index contributed by atoms with van der Waals surface area (Å²) in [6.45, 7) is 1.84. The Balaban J connectivity index is 2.35. The van der Waals surface area contributed by atoms with Crippen molar-refractivity contribution in [2.24, 2.45) is 0 Å². The minimum Gasteiger partial charge on any atom is -0.493 e. The zero-order chi connectivity index (χ0) is 19.3. The van der Waals surface area contributed by atoms with Crippen molar-refractivity contribution in [2.75, 3.05) is 19.5 Å². The molecule has 0 spiro atoms. The van der Waals surface area contributed by atoms with E-state index in [4.69, 9.17) is 32.7 Å². The summed E-state index contributed by atoms with van der Waals surface area (Å²) in [4.78, 5) is 12.4. The number of hydrogen-bond donors (Lipinski definition) is 1. The van der Waals surface area contributed by atoms with Crippen LogP contribution in [0, 0.1) is 18.3 Å². The standard InChI is InChI=1S/C19H16Cl2N2O3/c1-11-6-17(25-2)18(26-3)8-12(11)7-13(10-22)19(24)23-16-5-4-14(20)9-15(16)21/h4-9H,1-3H3,(H,23,24). The Morgan fingerprint density at radius 2 is 1.81 bits per heavy atom. The van der Waals surface area contributed by atoms with Gasteiger partial charge in [0.15, 0.2) is 11.5 Å². The van der Waals surface area contributed by atoms with Crippen molar-refractivity contribution in [1.29, 1.82) is 5.26 Å². The zero-order valence-corrected chi connectivity index (χ0v) is 15.9. The molecule has 0 unspecified atom stereocenters. The van der Waals surface area contributed by atoms with Crippen LogP contribution in [-0.2, 0) is 4.79 Å². The van der Waals surface area contributed by atoms with E-state index in [9.17, 15) is 10.1 Å². The minimum atomic E-state index is -0.578. The quantitative estimate of drug-likeness (QED) is 0.584. The van der Waals surface area contributed by atoms with E-state index in [0.29, 0.717) is 27.8 Å². The average Bonchev–Trinajstić information content (AvgIpc) is 2.62. The third-order valence-electron chi connectivity index (χ3n) is 3.62. The molecule has 1 N–H and O–H groups in total. The van der Waals surface area contributed by atoms with E-state index >= 15 is 0 Å². The Hall–Kier alpha value is -2.68. The number of carbonyl (C=O) groups is 1. The van der Waals surface area contributed by atoms with E-state index in [2.05, 4.69) is 5.32 Å². The molecule has 2 aromatic rings. The van der Waals surface area contributed by atoms with Crippen molar-refractivity contribution in [1.82, 2.24) is 0 Å². The van der Waals surface area contributed by atoms with E-state index in [0.717, 1.165) is 5.56 Å². The van der Waals surface area contributed by atoms with Gasteiger partial charge < -0.3 is 14.8 Å². The fourth-order valence-corrected chi connectivity index (χ4v) is 2.69. The molecule has 0 bridgehead atoms. The number of amides is 1. The predicted molar refractivity (Wildman–Crippen MR) is 103 cm³/mol. The highest BCUT2D eigenvalue weighted by atomic mass is 35.5. The van der Waals surface area contributed by atoms with Gasteiger partial charge in [0.1, 0.15) is 11.6 Å². The molecule has 0 saturated heterocycles. The number of ether oxygens (including phenoxy) is 2. The predicted octanol–water partition coefficient (Wildman–Crippen LogP) is 4.86. The largest absolute Gasteiger partial charge is 0.493 e. The molecule has 2 rings (SSSR count). The van der Waals surface area contributed by atoms with Crippen LogP contribution in [0.3, 0.4) is 0 Å². The highest BCUT2D eigenvalue weighted by Gasteiger charge is 2.14. The second-order valence-corrected chi connectivity index (χ2v) is 6.16. The van der Waals surface area contributed by atoms with Crippen LogP contribution in [0.5, 0.6) is 11.5 Å². The Morgan fingerprint density at radius 1 is 1.15 bits per heavy atom. The van der Waals surface area contributed by atoms with Gasteiger partial charge in [-0.15, -0.1) is 0 Å². The van der Waals surface area contributed by atoms with Crippen LogP contribution in [0.4, 0.5) is 5.69 Å². The van der Waals surface area contributed by atoms with E-state index < -0.39 is 5.91 Å². The highest BCUT2D eigenvalue weighted by Crippen LogP contribution is 2.31. The number of aryl methyl sites for hydroxylation is 1. The number of nitrogens with zero attached hydrogens (tertiary/aromatic N) is 1. The Bertz CT molecular complexity index is 918. The second-order valence-electron chi connectivity index (χ2n) is 5.31. The van der Waals surface area contributed by atoms with Crippen molar-refractivity contribution in [3.8, 4) is 17.6 Å². The van der Waals surface area contributed by atoms with E-state index in [1.54, 1.807) is 24.3 Å². The first-order valence-corrected chi connectivity index (χ1v) is 8.26. The van der Waals surface area contributed by atoms with Crippen molar-refractivity contribution in [2.45, 2.75) is 6.92 Å². The summed E-state index contributed by atoms with van der Waals surface area (Å²) >= 11 is 11.9. The topological polar surface area (TPSA) is 71.3 Å². The first-order chi connectivity index (χ1) is 12.4. The maximum atomic E-state index is 12.4. The molecule has 0 aromatic heterocycles. The van der Waals surface area contributed by atoms with Crippen LogP contribution in [-0.4, -0.2) is 20.1 Å². The molecule has 2 aromatic carbocycles. The van der Waals surface area contributed by atoms with E-state index in [-0.39, 0.29) is 10.6 Å². The van der Waals surface area contributed by atoms with Crippen LogP contribution >= 0.6 is 23.2 Å². The highest BCUT2D eigenvalue weighted by molar-refractivity contribution is 6.36. The van der Waals surface area contributed by atoms with Crippen LogP contribution in [0.25, 0.3) is 6.08 Å². The van der Waals surface area contributed by atoms with Gasteiger partial charge in [-0.2, -0.15) is 5.26 Å². The maximum Gasteiger partial charge on any atom is 0.266 e. The number of carbonyl (C=O) groups excluding carboxylic acids is 1. The lowest BCUT2D eigenvalue weighted by molar-refractivity contribution is -0.112. The lowest BCUT2D eigenvalue weighted by atomic mass is 10.0. The summed E-state index contributed by atoms with van der Waals surface area (Å²) in [5.74, 6) is 0.492. The third-order valence-corrected chi connectivity index (χ3v) is 4.16. The van der Waals surface area contributed by atoms with E-state index in [1.807, 2.05) is 13.0 Å². The van der Waals surface area contributed by atoms with Crippen molar-refractivity contribution in [3.63, 3.8) is 0 Å². The molecule has 5 nitrogen and oxygen atoms in total. The van der Waals surface area contributed by atoms with Gasteiger partial charge in [0.2, 0.25) is 0 Å². The molecule has 0 atom stereocenters. The lowest BCUT2D eigenvalue weighted by Gasteiger charge is -2.11. The minimum absolute atomic E-state index is 0.0775. The number of rotatable bonds is 5. The molecule has 0 aliphatic heterocycles. The Morgan fingerprint density at radius 3 is 2.38 bits per heavy atom. The molecule has 134 valence electrons. The molecule has 0 heterocycles. The number of anilines is 1. The average molecular weight is 391 g/mol. The number of nitrogens with one attached hydrogen (secondary N) is 1. The van der Waals surface area contributed by atoms with Crippen molar-refractivity contribution < 1.29 is 14.3 Å². The maximum absolute atomic E-state index is 12.4. The molecule has 1 amide bonds. The summed E-state index contributed by atoms with van der Waals surface area (Å²) in [6.07, 6.45) is 1.48. The first kappa shape index (κ1) is 19.6. The molecule has 0 saturated carbocycles. The van der Waals surface area contributed by atoms with Gasteiger partial charge in [0, 0.05) is 5.02 Å². The molecule has 0 aliphatic carbocycles. The summed E-state index contributed by atoms with van der Waals surface area (Å²) in [5.41, 5.74) is 1.78. The monoisotopic (exact) mass is 390 g/mol. The normalized spacial score (nSPS) is 10.8. The van der Waals surface area contributed by atoms with Crippen LogP contribution in [0.1, 0.15) is 11.1 Å². The van der Waals surface area contributed by atoms with Crippen LogP contribution in [0.2, 0.25) is 10.0 Å². The molecule has 0 fully saturated rings. The summed E-state index contributed by atoms with van der Waals surface area (Å²) in [7, 11) is 3.05. The fourth-order valence-electron chi connectivity index (χ4n) is 2.24. The number of hydrogen-bond acceptors (Lipinski definition) is 4. The Kier molecular flexibility index (Phi) is 6.51. The molecular weight excluding hydrogens is 375 g/mol. The number of benzene rings is 2. The number of nitriles is 1. The van der Waals surface area contributed by atoms with Gasteiger partial charge in [0.25, 0.3) is 5.91 Å². The van der Waals surface area contributed by atoms with Gasteiger partial charge >= 0.3 is 0 Å². The first-order valence-electron chi connectivity index (χ1n) is 7.50. The van der Waals surface area contributed by atoms with Crippen LogP contribution < -0.4 is 14.8 Å². The summed E-state index contributed by atoms with van der Waals surface area (Å²) < 4.78 is 10.5. The fraction of sp³-hybridized carbons (Fsp3) is 0.158. The molecule has 0 aliphatic rings. The lowest BCUT2D eigenvalue weighted by Crippen LogP contribution is -2.13. The van der Waals surface area contributed by atoms with E-state index in [1.165, 1.54) is 26.4 Å². The summed E-state index contributed by atoms with van der Waals surface area (Å²) in [6, 6.07) is 10.0. The number of methoxy groups -OCH3 is 2. The third kappa shape index (κ3) is 4.48. The smallest absolute Gasteiger partial charge is 0.266 e. The van der Waals surface area contributed by atoms with Gasteiger partial charge in [-0.1, -0.05) is 23.2 Å². The van der Waals surface area contributed by atoms with Gasteiger partial charge in [-0.3, -0.25) is 4.79 Å². The molecule has 0 radical (unpaired) electrons. The van der Waals surface area contributed by atoms with Crippen molar-refractivity contribution >= 4 is 40.9 Å². The number of halogens is 2. The van der Waals surface area contributed by atoms with Crippen LogP contribution in [0.15, 0.2) is 35.9 Å². The molecular formula is C19H16Cl2N2O3.